The molecule has 1 aromatic rings. The number of thiazole rings is 1. The molecule has 1 aromatic heterocycles. The quantitative estimate of drug-likeness (QED) is 0.812. The van der Waals surface area contributed by atoms with Gasteiger partial charge in [0.2, 0.25) is 0 Å². The molecule has 1 aliphatic rings. The topological polar surface area (TPSA) is 28.2 Å². The number of hydrogen-bond acceptors (Lipinski definition) is 4. The normalized spacial score (nSPS) is 23.6. The van der Waals surface area contributed by atoms with Crippen LogP contribution >= 0.6 is 11.3 Å². The van der Waals surface area contributed by atoms with E-state index in [9.17, 15) is 0 Å². The molecule has 2 heterocycles. The van der Waals surface area contributed by atoms with Gasteiger partial charge in [0, 0.05) is 30.4 Å². The molecule has 1 aliphatic heterocycles. The number of rotatable bonds is 1. The average Bonchev–Trinajstić information content (AvgIpc) is 2.66. The zero-order valence-corrected chi connectivity index (χ0v) is 11.4. The molecule has 1 N–H and O–H groups in total. The molecule has 0 bridgehead atoms. The van der Waals surface area contributed by atoms with Crippen LogP contribution in [0.1, 0.15) is 37.5 Å². The first-order valence-corrected chi connectivity index (χ1v) is 6.73. The van der Waals surface area contributed by atoms with Gasteiger partial charge in [-0.3, -0.25) is 4.90 Å². The number of nitrogens with zero attached hydrogens (tertiary/aromatic N) is 2. The summed E-state index contributed by atoms with van der Waals surface area (Å²) in [6, 6.07) is 0.454. The van der Waals surface area contributed by atoms with Gasteiger partial charge < -0.3 is 5.32 Å². The summed E-state index contributed by atoms with van der Waals surface area (Å²) in [6.45, 7) is 9.87. The highest BCUT2D eigenvalue weighted by Gasteiger charge is 2.25. The number of aromatic nitrogens is 1. The lowest BCUT2D eigenvalue weighted by molar-refractivity contribution is 0.201. The van der Waals surface area contributed by atoms with E-state index in [1.165, 1.54) is 10.7 Å². The minimum atomic E-state index is 0.162. The zero-order valence-electron chi connectivity index (χ0n) is 10.6. The van der Waals surface area contributed by atoms with Gasteiger partial charge in [0.15, 0.2) is 0 Å². The summed E-state index contributed by atoms with van der Waals surface area (Å²) in [7, 11) is 2.18. The maximum Gasteiger partial charge on any atom is 0.111 e. The van der Waals surface area contributed by atoms with Gasteiger partial charge in [-0.05, 0) is 7.05 Å². The zero-order chi connectivity index (χ0) is 11.8. The van der Waals surface area contributed by atoms with Crippen molar-refractivity contribution in [3.8, 4) is 0 Å². The third-order valence-electron chi connectivity index (χ3n) is 3.09. The summed E-state index contributed by atoms with van der Waals surface area (Å²) < 4.78 is 0. The van der Waals surface area contributed by atoms with Gasteiger partial charge >= 0.3 is 0 Å². The first-order valence-electron chi connectivity index (χ1n) is 5.85. The number of likely N-dealkylation sites (N-methyl/N-ethyl adjacent to an activating group) is 1. The molecule has 2 rings (SSSR count). The van der Waals surface area contributed by atoms with Crippen molar-refractivity contribution in [1.82, 2.24) is 15.2 Å². The maximum atomic E-state index is 4.79. The Morgan fingerprint density at radius 1 is 1.50 bits per heavy atom. The molecule has 0 radical (unpaired) electrons. The Morgan fingerprint density at radius 2 is 2.25 bits per heavy atom. The van der Waals surface area contributed by atoms with Crippen LogP contribution in [0.3, 0.4) is 0 Å². The Hall–Kier alpha value is -0.450. The van der Waals surface area contributed by atoms with Gasteiger partial charge in [-0.2, -0.15) is 0 Å². The first kappa shape index (κ1) is 12.0. The molecule has 90 valence electrons. The maximum absolute atomic E-state index is 4.79. The van der Waals surface area contributed by atoms with Crippen molar-refractivity contribution in [3.63, 3.8) is 0 Å². The second kappa shape index (κ2) is 4.43. The summed E-state index contributed by atoms with van der Waals surface area (Å²) >= 11 is 1.79. The lowest BCUT2D eigenvalue weighted by atomic mass is 9.93. The van der Waals surface area contributed by atoms with Gasteiger partial charge in [0.05, 0.1) is 11.7 Å². The van der Waals surface area contributed by atoms with Crippen LogP contribution in [0.5, 0.6) is 0 Å². The van der Waals surface area contributed by atoms with E-state index < -0.39 is 0 Å². The minimum absolute atomic E-state index is 0.162. The number of nitrogens with one attached hydrogen (secondary N) is 1. The van der Waals surface area contributed by atoms with E-state index in [0.717, 1.165) is 19.6 Å². The van der Waals surface area contributed by atoms with Crippen LogP contribution in [0, 0.1) is 0 Å². The van der Waals surface area contributed by atoms with E-state index in [-0.39, 0.29) is 5.41 Å². The Morgan fingerprint density at radius 3 is 2.81 bits per heavy atom. The lowest BCUT2D eigenvalue weighted by Crippen LogP contribution is -2.43. The summed E-state index contributed by atoms with van der Waals surface area (Å²) in [5.41, 5.74) is 1.38. The van der Waals surface area contributed by atoms with Crippen molar-refractivity contribution in [2.75, 3.05) is 26.7 Å². The Balaban J connectivity index is 2.18. The van der Waals surface area contributed by atoms with Gasteiger partial charge in [-0.1, -0.05) is 20.8 Å². The van der Waals surface area contributed by atoms with Crippen molar-refractivity contribution in [2.45, 2.75) is 32.2 Å². The summed E-state index contributed by atoms with van der Waals surface area (Å²) in [4.78, 5) is 7.18. The van der Waals surface area contributed by atoms with E-state index in [1.54, 1.807) is 11.3 Å². The molecule has 1 fully saturated rings. The molecule has 3 nitrogen and oxygen atoms in total. The molecule has 1 saturated heterocycles. The molecule has 0 saturated carbocycles. The van der Waals surface area contributed by atoms with Crippen LogP contribution in [0.15, 0.2) is 5.38 Å². The summed E-state index contributed by atoms with van der Waals surface area (Å²) in [5, 5.41) is 6.89. The van der Waals surface area contributed by atoms with Gasteiger partial charge in [0.1, 0.15) is 5.01 Å². The van der Waals surface area contributed by atoms with Crippen LogP contribution in [0.2, 0.25) is 0 Å². The van der Waals surface area contributed by atoms with Crippen LogP contribution in [0.25, 0.3) is 0 Å². The van der Waals surface area contributed by atoms with Gasteiger partial charge in [-0.15, -0.1) is 11.3 Å². The Kier molecular flexibility index (Phi) is 3.33. The number of hydrogen-bond donors (Lipinski definition) is 1. The predicted molar refractivity (Wildman–Crippen MR) is 69.1 cm³/mol. The van der Waals surface area contributed by atoms with E-state index in [2.05, 4.69) is 43.4 Å². The predicted octanol–water partition coefficient (Wildman–Crippen LogP) is 2.02. The highest BCUT2D eigenvalue weighted by atomic mass is 32.1. The summed E-state index contributed by atoms with van der Waals surface area (Å²) in [6.07, 6.45) is 0. The molecule has 0 amide bonds. The third kappa shape index (κ3) is 2.44. The van der Waals surface area contributed by atoms with Crippen LogP contribution < -0.4 is 5.32 Å². The summed E-state index contributed by atoms with van der Waals surface area (Å²) in [5.74, 6) is 0. The standard InChI is InChI=1S/C12H21N3S/c1-12(2,3)10-8-16-11(14-10)9-7-13-5-6-15(9)4/h8-9,13H,5-7H2,1-4H3. The van der Waals surface area contributed by atoms with Crippen molar-refractivity contribution >= 4 is 11.3 Å². The largest absolute Gasteiger partial charge is 0.313 e. The van der Waals surface area contributed by atoms with E-state index in [4.69, 9.17) is 4.98 Å². The van der Waals surface area contributed by atoms with Crippen molar-refractivity contribution in [3.05, 3.63) is 16.1 Å². The van der Waals surface area contributed by atoms with E-state index in [0.29, 0.717) is 6.04 Å². The number of piperazine rings is 1. The SMILES string of the molecule is CN1CCNCC1c1nc(C(C)(C)C)cs1. The van der Waals surface area contributed by atoms with E-state index >= 15 is 0 Å². The van der Waals surface area contributed by atoms with E-state index in [1.807, 2.05) is 0 Å². The minimum Gasteiger partial charge on any atom is -0.313 e. The fourth-order valence-corrected chi connectivity index (χ4v) is 3.08. The second-order valence-electron chi connectivity index (χ2n) is 5.52. The lowest BCUT2D eigenvalue weighted by Gasteiger charge is -2.31. The van der Waals surface area contributed by atoms with Gasteiger partial charge in [0.25, 0.3) is 0 Å². The molecule has 1 atom stereocenters. The molecule has 16 heavy (non-hydrogen) atoms. The molecule has 0 spiro atoms. The van der Waals surface area contributed by atoms with Crippen molar-refractivity contribution in [2.24, 2.45) is 0 Å². The Bertz CT molecular complexity index is 353. The van der Waals surface area contributed by atoms with Crippen LogP contribution in [-0.4, -0.2) is 36.6 Å². The highest BCUT2D eigenvalue weighted by molar-refractivity contribution is 7.09. The third-order valence-corrected chi connectivity index (χ3v) is 4.03. The highest BCUT2D eigenvalue weighted by Crippen LogP contribution is 2.29. The fourth-order valence-electron chi connectivity index (χ4n) is 1.87. The monoisotopic (exact) mass is 239 g/mol. The first-order chi connectivity index (χ1) is 7.48. The molecule has 0 aromatic carbocycles. The fraction of sp³-hybridized carbons (Fsp3) is 0.750. The molecular formula is C12H21N3S. The van der Waals surface area contributed by atoms with Crippen LogP contribution in [-0.2, 0) is 5.41 Å². The smallest absolute Gasteiger partial charge is 0.111 e. The van der Waals surface area contributed by atoms with Gasteiger partial charge in [-0.25, -0.2) is 4.98 Å². The molecule has 4 heteroatoms. The van der Waals surface area contributed by atoms with Crippen molar-refractivity contribution in [1.29, 1.82) is 0 Å². The average molecular weight is 239 g/mol. The Labute approximate surface area is 102 Å². The van der Waals surface area contributed by atoms with Crippen molar-refractivity contribution < 1.29 is 0 Å². The molecular weight excluding hydrogens is 218 g/mol. The second-order valence-corrected chi connectivity index (χ2v) is 6.41. The molecule has 0 aliphatic carbocycles. The van der Waals surface area contributed by atoms with Crippen LogP contribution in [0.4, 0.5) is 0 Å². The molecule has 1 unspecified atom stereocenters.